The van der Waals surface area contributed by atoms with E-state index in [9.17, 15) is 0 Å². The molecule has 4 nitrogen and oxygen atoms in total. The number of ether oxygens (including phenoxy) is 4. The number of hydrogen-bond donors (Lipinski definition) is 0. The highest BCUT2D eigenvalue weighted by atomic mass is 16.5. The Labute approximate surface area is 137 Å². The molecular weight excluding hydrogens is 292 g/mol. The molecule has 0 N–H and O–H groups in total. The summed E-state index contributed by atoms with van der Waals surface area (Å²) in [5, 5.41) is 0. The van der Waals surface area contributed by atoms with E-state index in [0.29, 0.717) is 17.2 Å². The maximum atomic E-state index is 5.54. The Morgan fingerprint density at radius 1 is 0.739 bits per heavy atom. The zero-order chi connectivity index (χ0) is 16.8. The lowest BCUT2D eigenvalue weighted by Gasteiger charge is -2.21. The lowest BCUT2D eigenvalue weighted by molar-refractivity contribution is 0.347. The first-order valence-electron chi connectivity index (χ1n) is 7.25. The summed E-state index contributed by atoms with van der Waals surface area (Å²) in [6, 6.07) is 11.6. The van der Waals surface area contributed by atoms with Gasteiger partial charge in [0.15, 0.2) is 11.5 Å². The molecule has 122 valence electrons. The minimum absolute atomic E-state index is 0.0964. The normalized spacial score (nSPS) is 11.5. The van der Waals surface area contributed by atoms with Crippen LogP contribution >= 0.6 is 0 Å². The minimum atomic E-state index is -0.0964. The van der Waals surface area contributed by atoms with Crippen molar-refractivity contribution >= 4 is 0 Å². The molecule has 0 aliphatic heterocycles. The first-order valence-corrected chi connectivity index (χ1v) is 7.25. The summed E-state index contributed by atoms with van der Waals surface area (Å²) in [6.07, 6.45) is 1.86. The van der Waals surface area contributed by atoms with Crippen LogP contribution in [0.1, 0.15) is 17.0 Å². The Bertz CT molecular complexity index is 679. The van der Waals surface area contributed by atoms with E-state index in [0.717, 1.165) is 16.9 Å². The Morgan fingerprint density at radius 3 is 1.87 bits per heavy atom. The first kappa shape index (κ1) is 16.7. The molecule has 23 heavy (non-hydrogen) atoms. The fourth-order valence-corrected chi connectivity index (χ4v) is 2.64. The number of methoxy groups -OCH3 is 4. The SMILES string of the molecule is C=C[C@H](c1ccccc1OC)c1cc(OC)c(OC)cc1OC. The molecule has 0 bridgehead atoms. The largest absolute Gasteiger partial charge is 0.496 e. The van der Waals surface area contributed by atoms with Crippen molar-refractivity contribution in [3.63, 3.8) is 0 Å². The van der Waals surface area contributed by atoms with Crippen molar-refractivity contribution in [1.82, 2.24) is 0 Å². The molecule has 0 fully saturated rings. The van der Waals surface area contributed by atoms with Gasteiger partial charge in [0.05, 0.1) is 28.4 Å². The van der Waals surface area contributed by atoms with Crippen molar-refractivity contribution in [2.45, 2.75) is 5.92 Å². The molecule has 0 heterocycles. The Balaban J connectivity index is 2.63. The van der Waals surface area contributed by atoms with Crippen molar-refractivity contribution in [2.24, 2.45) is 0 Å². The van der Waals surface area contributed by atoms with Crippen LogP contribution in [-0.2, 0) is 0 Å². The van der Waals surface area contributed by atoms with Crippen molar-refractivity contribution in [3.05, 3.63) is 60.2 Å². The maximum Gasteiger partial charge on any atom is 0.164 e. The van der Waals surface area contributed by atoms with Gasteiger partial charge in [-0.1, -0.05) is 24.3 Å². The van der Waals surface area contributed by atoms with Gasteiger partial charge in [-0.25, -0.2) is 0 Å². The monoisotopic (exact) mass is 314 g/mol. The van der Waals surface area contributed by atoms with E-state index in [1.165, 1.54) is 0 Å². The summed E-state index contributed by atoms with van der Waals surface area (Å²) in [7, 11) is 6.50. The molecule has 2 aromatic carbocycles. The Kier molecular flexibility index (Phi) is 5.52. The molecule has 0 aliphatic rings. The highest BCUT2D eigenvalue weighted by Gasteiger charge is 2.21. The number of benzene rings is 2. The van der Waals surface area contributed by atoms with Crippen LogP contribution in [0, 0.1) is 0 Å². The first-order chi connectivity index (χ1) is 11.2. The second kappa shape index (κ2) is 7.58. The van der Waals surface area contributed by atoms with Gasteiger partial charge in [0.1, 0.15) is 11.5 Å². The van der Waals surface area contributed by atoms with Gasteiger partial charge in [-0.2, -0.15) is 0 Å². The van der Waals surface area contributed by atoms with Crippen LogP contribution in [-0.4, -0.2) is 28.4 Å². The zero-order valence-corrected chi connectivity index (χ0v) is 14.0. The van der Waals surface area contributed by atoms with E-state index >= 15 is 0 Å². The number of allylic oxidation sites excluding steroid dienone is 1. The van der Waals surface area contributed by atoms with Gasteiger partial charge in [-0.15, -0.1) is 6.58 Å². The van der Waals surface area contributed by atoms with E-state index in [1.807, 2.05) is 42.5 Å². The van der Waals surface area contributed by atoms with Gasteiger partial charge in [0.2, 0.25) is 0 Å². The number of rotatable bonds is 7. The third-order valence-corrected chi connectivity index (χ3v) is 3.78. The zero-order valence-electron chi connectivity index (χ0n) is 14.0. The summed E-state index contributed by atoms with van der Waals surface area (Å²) >= 11 is 0. The van der Waals surface area contributed by atoms with E-state index < -0.39 is 0 Å². The summed E-state index contributed by atoms with van der Waals surface area (Å²) in [6.45, 7) is 3.98. The van der Waals surface area contributed by atoms with Crippen molar-refractivity contribution in [2.75, 3.05) is 28.4 Å². The van der Waals surface area contributed by atoms with Crippen LogP contribution in [0.3, 0.4) is 0 Å². The van der Waals surface area contributed by atoms with Crippen LogP contribution in [0.15, 0.2) is 49.1 Å². The van der Waals surface area contributed by atoms with Crippen LogP contribution in [0.2, 0.25) is 0 Å². The van der Waals surface area contributed by atoms with Crippen LogP contribution < -0.4 is 18.9 Å². The molecule has 0 aliphatic carbocycles. The van der Waals surface area contributed by atoms with E-state index in [4.69, 9.17) is 18.9 Å². The van der Waals surface area contributed by atoms with Gasteiger partial charge in [-0.3, -0.25) is 0 Å². The Hall–Kier alpha value is -2.62. The molecule has 0 saturated heterocycles. The molecule has 2 aromatic rings. The van der Waals surface area contributed by atoms with E-state index in [2.05, 4.69) is 6.58 Å². The molecule has 4 heteroatoms. The summed E-state index contributed by atoms with van der Waals surface area (Å²) < 4.78 is 21.8. The predicted octanol–water partition coefficient (Wildman–Crippen LogP) is 4.04. The third-order valence-electron chi connectivity index (χ3n) is 3.78. The summed E-state index contributed by atoms with van der Waals surface area (Å²) in [5.41, 5.74) is 1.94. The third kappa shape index (κ3) is 3.26. The lowest BCUT2D eigenvalue weighted by atomic mass is 9.89. The van der Waals surface area contributed by atoms with Crippen molar-refractivity contribution < 1.29 is 18.9 Å². The molecule has 1 atom stereocenters. The summed E-state index contributed by atoms with van der Waals surface area (Å²) in [5.74, 6) is 2.68. The highest BCUT2D eigenvalue weighted by molar-refractivity contribution is 5.56. The van der Waals surface area contributed by atoms with Crippen molar-refractivity contribution in [3.8, 4) is 23.0 Å². The average Bonchev–Trinajstić information content (AvgIpc) is 2.62. The molecule has 0 unspecified atom stereocenters. The van der Waals surface area contributed by atoms with E-state index in [1.54, 1.807) is 28.4 Å². The topological polar surface area (TPSA) is 36.9 Å². The highest BCUT2D eigenvalue weighted by Crippen LogP contribution is 2.42. The van der Waals surface area contributed by atoms with Gasteiger partial charge in [0, 0.05) is 23.1 Å². The van der Waals surface area contributed by atoms with Gasteiger partial charge in [-0.05, 0) is 12.1 Å². The Morgan fingerprint density at radius 2 is 1.30 bits per heavy atom. The van der Waals surface area contributed by atoms with Crippen LogP contribution in [0.25, 0.3) is 0 Å². The lowest BCUT2D eigenvalue weighted by Crippen LogP contribution is -2.04. The molecule has 0 spiro atoms. The van der Waals surface area contributed by atoms with Gasteiger partial charge in [0.25, 0.3) is 0 Å². The van der Waals surface area contributed by atoms with Crippen LogP contribution in [0.4, 0.5) is 0 Å². The maximum absolute atomic E-state index is 5.54. The molecule has 0 saturated carbocycles. The number of hydrogen-bond acceptors (Lipinski definition) is 4. The standard InChI is InChI=1S/C19H22O4/c1-6-13(14-9-7-8-10-16(14)20-2)15-11-18(22-4)19(23-5)12-17(15)21-3/h6-13H,1H2,2-5H3/t13-/m1/s1. The summed E-state index contributed by atoms with van der Waals surface area (Å²) in [4.78, 5) is 0. The second-order valence-electron chi connectivity index (χ2n) is 4.90. The minimum Gasteiger partial charge on any atom is -0.496 e. The molecule has 0 aromatic heterocycles. The number of para-hydroxylation sites is 1. The fraction of sp³-hybridized carbons (Fsp3) is 0.263. The molecule has 0 radical (unpaired) electrons. The van der Waals surface area contributed by atoms with Crippen LogP contribution in [0.5, 0.6) is 23.0 Å². The van der Waals surface area contributed by atoms with E-state index in [-0.39, 0.29) is 5.92 Å². The molecule has 0 amide bonds. The molecule has 2 rings (SSSR count). The van der Waals surface area contributed by atoms with Gasteiger partial charge < -0.3 is 18.9 Å². The predicted molar refractivity (Wildman–Crippen MR) is 91.1 cm³/mol. The second-order valence-corrected chi connectivity index (χ2v) is 4.90. The van der Waals surface area contributed by atoms with Crippen molar-refractivity contribution in [1.29, 1.82) is 0 Å². The fourth-order valence-electron chi connectivity index (χ4n) is 2.64. The quantitative estimate of drug-likeness (QED) is 0.723. The van der Waals surface area contributed by atoms with Gasteiger partial charge >= 0.3 is 0 Å². The smallest absolute Gasteiger partial charge is 0.164 e. The average molecular weight is 314 g/mol. The molecular formula is C19H22O4.